The summed E-state index contributed by atoms with van der Waals surface area (Å²) in [5.41, 5.74) is 0.526. The van der Waals surface area contributed by atoms with E-state index in [1.165, 1.54) is 27.2 Å². The third-order valence-electron chi connectivity index (χ3n) is 4.63. The average molecular weight is 400 g/mol. The van der Waals surface area contributed by atoms with Crippen LogP contribution in [0.25, 0.3) is 16.7 Å². The van der Waals surface area contributed by atoms with Gasteiger partial charge in [0.05, 0.1) is 10.9 Å². The molecule has 4 rings (SSSR count). The first-order chi connectivity index (χ1) is 13.6. The molecular formula is C20H15F3N4O2. The zero-order chi connectivity index (χ0) is 20.9. The number of pyridine rings is 1. The Kier molecular flexibility index (Phi) is 4.18. The fourth-order valence-electron chi connectivity index (χ4n) is 3.16. The number of hydrogen-bond acceptors (Lipinski definition) is 3. The minimum absolute atomic E-state index is 0.000508. The van der Waals surface area contributed by atoms with E-state index in [4.69, 9.17) is 0 Å². The molecule has 0 atom stereocenters. The number of anilines is 1. The number of rotatable bonds is 2. The highest BCUT2D eigenvalue weighted by atomic mass is 19.4. The second-order valence-electron chi connectivity index (χ2n) is 6.71. The fraction of sp³-hybridized carbons (Fsp3) is 0.150. The Bertz CT molecular complexity index is 1340. The first kappa shape index (κ1) is 18.7. The molecule has 1 aromatic carbocycles. The van der Waals surface area contributed by atoms with E-state index in [2.05, 4.69) is 10.3 Å². The Morgan fingerprint density at radius 3 is 2.62 bits per heavy atom. The lowest BCUT2D eigenvalue weighted by molar-refractivity contribution is -0.137. The largest absolute Gasteiger partial charge is 0.416 e. The quantitative estimate of drug-likeness (QED) is 0.557. The van der Waals surface area contributed by atoms with Gasteiger partial charge in [0.15, 0.2) is 0 Å². The van der Waals surface area contributed by atoms with Crippen molar-refractivity contribution < 1.29 is 18.0 Å². The maximum atomic E-state index is 12.9. The number of carbonyl (C=O) groups is 1. The Hall–Kier alpha value is -3.62. The summed E-state index contributed by atoms with van der Waals surface area (Å²) in [5.74, 6) is -0.644. The van der Waals surface area contributed by atoms with E-state index < -0.39 is 17.6 Å². The number of nitrogens with one attached hydrogen (secondary N) is 1. The molecule has 0 saturated heterocycles. The van der Waals surface area contributed by atoms with Crippen molar-refractivity contribution in [3.63, 3.8) is 0 Å². The van der Waals surface area contributed by atoms with Gasteiger partial charge in [-0.1, -0.05) is 12.1 Å². The second kappa shape index (κ2) is 6.47. The monoisotopic (exact) mass is 400 g/mol. The van der Waals surface area contributed by atoms with Crippen molar-refractivity contribution in [2.24, 2.45) is 7.05 Å². The van der Waals surface area contributed by atoms with Crippen LogP contribution in [-0.4, -0.2) is 19.9 Å². The van der Waals surface area contributed by atoms with E-state index in [0.29, 0.717) is 11.3 Å². The van der Waals surface area contributed by atoms with E-state index in [1.807, 2.05) is 13.0 Å². The van der Waals surface area contributed by atoms with Crippen LogP contribution in [0.1, 0.15) is 21.6 Å². The maximum absolute atomic E-state index is 12.9. The molecule has 6 nitrogen and oxygen atoms in total. The summed E-state index contributed by atoms with van der Waals surface area (Å²) >= 11 is 0. The Balaban J connectivity index is 1.77. The van der Waals surface area contributed by atoms with Crippen LogP contribution in [-0.2, 0) is 13.2 Å². The van der Waals surface area contributed by atoms with Crippen molar-refractivity contribution in [3.05, 3.63) is 75.8 Å². The number of benzene rings is 1. The number of aryl methyl sites for hydroxylation is 2. The Morgan fingerprint density at radius 1 is 1.14 bits per heavy atom. The van der Waals surface area contributed by atoms with Crippen LogP contribution >= 0.6 is 0 Å². The molecule has 0 aliphatic heterocycles. The molecule has 0 saturated carbocycles. The van der Waals surface area contributed by atoms with Gasteiger partial charge in [-0.05, 0) is 42.8 Å². The normalized spacial score (nSPS) is 11.9. The smallest absolute Gasteiger partial charge is 0.324 e. The summed E-state index contributed by atoms with van der Waals surface area (Å²) in [6.07, 6.45) is -2.86. The SMILES string of the molecule is Cc1ccc2nc3c(cc(C(=O)Nc4cccc(C(F)(F)F)c4)n3C)c(=O)n2c1. The van der Waals surface area contributed by atoms with Gasteiger partial charge in [-0.25, -0.2) is 4.98 Å². The zero-order valence-electron chi connectivity index (χ0n) is 15.4. The highest BCUT2D eigenvalue weighted by Gasteiger charge is 2.30. The van der Waals surface area contributed by atoms with Gasteiger partial charge in [-0.2, -0.15) is 13.2 Å². The van der Waals surface area contributed by atoms with E-state index in [-0.39, 0.29) is 22.3 Å². The molecule has 0 spiro atoms. The van der Waals surface area contributed by atoms with Crippen molar-refractivity contribution in [1.82, 2.24) is 14.0 Å². The number of hydrogen-bond donors (Lipinski definition) is 1. The summed E-state index contributed by atoms with van der Waals surface area (Å²) < 4.78 is 41.5. The molecule has 29 heavy (non-hydrogen) atoms. The Morgan fingerprint density at radius 2 is 1.90 bits per heavy atom. The molecular weight excluding hydrogens is 385 g/mol. The lowest BCUT2D eigenvalue weighted by Gasteiger charge is -2.10. The van der Waals surface area contributed by atoms with E-state index in [0.717, 1.165) is 17.7 Å². The predicted octanol–water partition coefficient (Wildman–Crippen LogP) is 3.77. The molecule has 0 aliphatic carbocycles. The summed E-state index contributed by atoms with van der Waals surface area (Å²) in [6, 6.07) is 9.25. The van der Waals surface area contributed by atoms with Crippen molar-refractivity contribution >= 4 is 28.3 Å². The molecule has 0 fully saturated rings. The minimum atomic E-state index is -4.52. The van der Waals surface area contributed by atoms with Gasteiger partial charge in [0, 0.05) is 18.9 Å². The van der Waals surface area contributed by atoms with Gasteiger partial charge in [-0.3, -0.25) is 14.0 Å². The molecule has 0 bridgehead atoms. The molecule has 0 radical (unpaired) electrons. The van der Waals surface area contributed by atoms with E-state index in [9.17, 15) is 22.8 Å². The summed E-state index contributed by atoms with van der Waals surface area (Å²) in [4.78, 5) is 29.9. The predicted molar refractivity (Wildman–Crippen MR) is 102 cm³/mol. The number of aromatic nitrogens is 3. The molecule has 0 unspecified atom stereocenters. The minimum Gasteiger partial charge on any atom is -0.324 e. The van der Waals surface area contributed by atoms with Crippen molar-refractivity contribution in [1.29, 1.82) is 0 Å². The molecule has 0 aliphatic rings. The fourth-order valence-corrected chi connectivity index (χ4v) is 3.16. The summed E-state index contributed by atoms with van der Waals surface area (Å²) in [6.45, 7) is 1.84. The van der Waals surface area contributed by atoms with Crippen LogP contribution < -0.4 is 10.9 Å². The van der Waals surface area contributed by atoms with Crippen molar-refractivity contribution in [2.45, 2.75) is 13.1 Å². The first-order valence-corrected chi connectivity index (χ1v) is 8.62. The zero-order valence-corrected chi connectivity index (χ0v) is 15.4. The van der Waals surface area contributed by atoms with Crippen LogP contribution in [0.15, 0.2) is 53.5 Å². The number of halogens is 3. The van der Waals surface area contributed by atoms with Gasteiger partial charge in [0.25, 0.3) is 11.5 Å². The van der Waals surface area contributed by atoms with Crippen LogP contribution in [0.2, 0.25) is 0 Å². The van der Waals surface area contributed by atoms with Crippen molar-refractivity contribution in [3.8, 4) is 0 Å². The number of nitrogens with zero attached hydrogens (tertiary/aromatic N) is 3. The molecule has 3 aromatic heterocycles. The standard InChI is InChI=1S/C20H15F3N4O2/c1-11-6-7-16-25-17-14(19(29)27(16)10-11)9-15(26(17)2)18(28)24-13-5-3-4-12(8-13)20(21,22)23/h3-10H,1-2H3,(H,24,28). The molecule has 148 valence electrons. The highest BCUT2D eigenvalue weighted by Crippen LogP contribution is 2.30. The molecule has 9 heteroatoms. The molecule has 4 aromatic rings. The maximum Gasteiger partial charge on any atom is 0.416 e. The van der Waals surface area contributed by atoms with Crippen LogP contribution in [0.3, 0.4) is 0 Å². The van der Waals surface area contributed by atoms with Crippen LogP contribution in [0.5, 0.6) is 0 Å². The Labute approximate surface area is 162 Å². The van der Waals surface area contributed by atoms with Gasteiger partial charge in [0.2, 0.25) is 0 Å². The third kappa shape index (κ3) is 3.24. The number of fused-ring (bicyclic) bond motifs is 2. The number of alkyl halides is 3. The van der Waals surface area contributed by atoms with E-state index >= 15 is 0 Å². The third-order valence-corrected chi connectivity index (χ3v) is 4.63. The van der Waals surface area contributed by atoms with Crippen LogP contribution in [0, 0.1) is 6.92 Å². The van der Waals surface area contributed by atoms with Crippen molar-refractivity contribution in [2.75, 3.05) is 5.32 Å². The topological polar surface area (TPSA) is 68.4 Å². The van der Waals surface area contributed by atoms with Gasteiger partial charge in [-0.15, -0.1) is 0 Å². The summed E-state index contributed by atoms with van der Waals surface area (Å²) in [7, 11) is 1.57. The van der Waals surface area contributed by atoms with Gasteiger partial charge in [0.1, 0.15) is 17.0 Å². The first-order valence-electron chi connectivity index (χ1n) is 8.62. The molecule has 1 N–H and O–H groups in total. The van der Waals surface area contributed by atoms with Gasteiger partial charge >= 0.3 is 6.18 Å². The highest BCUT2D eigenvalue weighted by molar-refractivity contribution is 6.06. The summed E-state index contributed by atoms with van der Waals surface area (Å²) in [5, 5.41) is 2.69. The molecule has 1 amide bonds. The van der Waals surface area contributed by atoms with Gasteiger partial charge < -0.3 is 9.88 Å². The lowest BCUT2D eigenvalue weighted by atomic mass is 10.2. The van der Waals surface area contributed by atoms with E-state index in [1.54, 1.807) is 19.3 Å². The number of amides is 1. The number of carbonyl (C=O) groups excluding carboxylic acids is 1. The van der Waals surface area contributed by atoms with Crippen LogP contribution in [0.4, 0.5) is 18.9 Å². The second-order valence-corrected chi connectivity index (χ2v) is 6.71. The molecule has 3 heterocycles. The lowest BCUT2D eigenvalue weighted by Crippen LogP contribution is -2.16. The average Bonchev–Trinajstić information content (AvgIpc) is 2.99.